The molecule has 0 aliphatic carbocycles. The summed E-state index contributed by atoms with van der Waals surface area (Å²) < 4.78 is 27.9. The SMILES string of the molecule is C=CC(=O)N1CC(NC(=O)c2sc(C)nc2CC)C(F)(F)C1. The molecule has 120 valence electrons. The number of hydrogen-bond donors (Lipinski definition) is 1. The highest BCUT2D eigenvalue weighted by Gasteiger charge is 2.50. The lowest BCUT2D eigenvalue weighted by atomic mass is 10.2. The Bertz CT molecular complexity index is 615. The molecule has 2 amide bonds. The second kappa shape index (κ2) is 6.12. The summed E-state index contributed by atoms with van der Waals surface area (Å²) in [7, 11) is 0. The zero-order valence-corrected chi connectivity index (χ0v) is 13.2. The van der Waals surface area contributed by atoms with Crippen molar-refractivity contribution in [3.63, 3.8) is 0 Å². The van der Waals surface area contributed by atoms with Gasteiger partial charge in [-0.2, -0.15) is 0 Å². The number of likely N-dealkylation sites (tertiary alicyclic amines) is 1. The number of nitrogens with one attached hydrogen (secondary N) is 1. The first-order chi connectivity index (χ1) is 10.3. The molecule has 1 saturated heterocycles. The lowest BCUT2D eigenvalue weighted by Gasteiger charge is -2.18. The Labute approximate surface area is 131 Å². The van der Waals surface area contributed by atoms with Crippen molar-refractivity contribution in [2.24, 2.45) is 0 Å². The molecule has 0 saturated carbocycles. The van der Waals surface area contributed by atoms with E-state index >= 15 is 0 Å². The second-order valence-corrected chi connectivity index (χ2v) is 6.28. The molecule has 1 fully saturated rings. The van der Waals surface area contributed by atoms with E-state index in [1.165, 1.54) is 11.3 Å². The van der Waals surface area contributed by atoms with E-state index in [-0.39, 0.29) is 6.54 Å². The number of aryl methyl sites for hydroxylation is 2. The molecule has 1 unspecified atom stereocenters. The molecule has 0 aromatic carbocycles. The topological polar surface area (TPSA) is 62.3 Å². The van der Waals surface area contributed by atoms with Crippen molar-refractivity contribution in [1.29, 1.82) is 0 Å². The van der Waals surface area contributed by atoms with Crippen molar-refractivity contribution in [2.45, 2.75) is 32.2 Å². The monoisotopic (exact) mass is 329 g/mol. The number of carbonyl (C=O) groups excluding carboxylic acids is 2. The average Bonchev–Trinajstić information content (AvgIpc) is 2.98. The fourth-order valence-electron chi connectivity index (χ4n) is 2.34. The fraction of sp³-hybridized carbons (Fsp3) is 0.500. The molecule has 1 aromatic heterocycles. The minimum absolute atomic E-state index is 0.233. The summed E-state index contributed by atoms with van der Waals surface area (Å²) >= 11 is 1.18. The second-order valence-electron chi connectivity index (χ2n) is 5.07. The van der Waals surface area contributed by atoms with Gasteiger partial charge in [0.15, 0.2) is 0 Å². The van der Waals surface area contributed by atoms with Crippen LogP contribution < -0.4 is 5.32 Å². The number of halogens is 2. The van der Waals surface area contributed by atoms with E-state index in [1.807, 2.05) is 6.92 Å². The van der Waals surface area contributed by atoms with Crippen LogP contribution >= 0.6 is 11.3 Å². The Morgan fingerprint density at radius 1 is 1.59 bits per heavy atom. The quantitative estimate of drug-likeness (QED) is 0.857. The molecule has 1 aliphatic rings. The third-order valence-electron chi connectivity index (χ3n) is 3.45. The number of hydrogen-bond acceptors (Lipinski definition) is 4. The molecule has 1 N–H and O–H groups in total. The van der Waals surface area contributed by atoms with E-state index in [0.717, 1.165) is 11.0 Å². The zero-order valence-electron chi connectivity index (χ0n) is 12.4. The summed E-state index contributed by atoms with van der Waals surface area (Å²) in [6, 6.07) is -1.41. The number of aromatic nitrogens is 1. The lowest BCUT2D eigenvalue weighted by molar-refractivity contribution is -0.126. The first kappa shape index (κ1) is 16.5. The molecule has 2 heterocycles. The van der Waals surface area contributed by atoms with Crippen LogP contribution in [0, 0.1) is 6.92 Å². The largest absolute Gasteiger partial charge is 0.341 e. The van der Waals surface area contributed by atoms with E-state index in [4.69, 9.17) is 0 Å². The number of alkyl halides is 2. The maximum absolute atomic E-state index is 14.0. The molecular weight excluding hydrogens is 312 g/mol. The van der Waals surface area contributed by atoms with Crippen LogP contribution in [0.25, 0.3) is 0 Å². The summed E-state index contributed by atoms with van der Waals surface area (Å²) in [6.07, 6.45) is 1.54. The van der Waals surface area contributed by atoms with Gasteiger partial charge >= 0.3 is 0 Å². The number of nitrogens with zero attached hydrogens (tertiary/aromatic N) is 2. The normalized spacial score (nSPS) is 20.0. The highest BCUT2D eigenvalue weighted by Crippen LogP contribution is 2.28. The average molecular weight is 329 g/mol. The molecule has 5 nitrogen and oxygen atoms in total. The van der Waals surface area contributed by atoms with Gasteiger partial charge in [-0.1, -0.05) is 13.5 Å². The molecule has 1 aliphatic heterocycles. The van der Waals surface area contributed by atoms with Crippen LogP contribution in [0.2, 0.25) is 0 Å². The minimum atomic E-state index is -3.17. The summed E-state index contributed by atoms with van der Waals surface area (Å²) in [5, 5.41) is 3.05. The maximum Gasteiger partial charge on any atom is 0.286 e. The van der Waals surface area contributed by atoms with Gasteiger partial charge in [0.1, 0.15) is 10.9 Å². The third kappa shape index (κ3) is 3.16. The molecule has 0 bridgehead atoms. The number of thiazole rings is 1. The van der Waals surface area contributed by atoms with Gasteiger partial charge in [-0.15, -0.1) is 11.3 Å². The van der Waals surface area contributed by atoms with E-state index in [1.54, 1.807) is 6.92 Å². The van der Waals surface area contributed by atoms with E-state index < -0.39 is 30.3 Å². The first-order valence-corrected chi connectivity index (χ1v) is 7.66. The van der Waals surface area contributed by atoms with E-state index in [2.05, 4.69) is 16.9 Å². The van der Waals surface area contributed by atoms with Crippen LogP contribution in [-0.2, 0) is 11.2 Å². The molecule has 8 heteroatoms. The summed E-state index contributed by atoms with van der Waals surface area (Å²) in [5.41, 5.74) is 0.598. The molecule has 1 aromatic rings. The van der Waals surface area contributed by atoms with Crippen molar-refractivity contribution in [3.05, 3.63) is 28.2 Å². The van der Waals surface area contributed by atoms with Gasteiger partial charge in [0.25, 0.3) is 11.8 Å². The Morgan fingerprint density at radius 2 is 2.27 bits per heavy atom. The number of amides is 2. The molecule has 0 spiro atoms. The van der Waals surface area contributed by atoms with Crippen molar-refractivity contribution in [3.8, 4) is 0 Å². The molecular formula is C14H17F2N3O2S. The third-order valence-corrected chi connectivity index (χ3v) is 4.46. The molecule has 1 atom stereocenters. The van der Waals surface area contributed by atoms with Gasteiger partial charge in [-0.05, 0) is 19.4 Å². The fourth-order valence-corrected chi connectivity index (χ4v) is 3.25. The summed E-state index contributed by atoms with van der Waals surface area (Å²) in [4.78, 5) is 29.2. The highest BCUT2D eigenvalue weighted by atomic mass is 32.1. The van der Waals surface area contributed by atoms with Crippen LogP contribution in [0.3, 0.4) is 0 Å². The van der Waals surface area contributed by atoms with Crippen molar-refractivity contribution < 1.29 is 18.4 Å². The Hall–Kier alpha value is -1.83. The van der Waals surface area contributed by atoms with Gasteiger partial charge < -0.3 is 10.2 Å². The molecule has 22 heavy (non-hydrogen) atoms. The van der Waals surface area contributed by atoms with Gasteiger partial charge in [-0.25, -0.2) is 13.8 Å². The van der Waals surface area contributed by atoms with Crippen LogP contribution in [0.1, 0.15) is 27.3 Å². The number of rotatable bonds is 4. The van der Waals surface area contributed by atoms with Crippen LogP contribution in [0.4, 0.5) is 8.78 Å². The Kier molecular flexibility index (Phi) is 4.60. The highest BCUT2D eigenvalue weighted by molar-refractivity contribution is 7.13. The zero-order chi connectivity index (χ0) is 16.5. The standard InChI is InChI=1S/C14H17F2N3O2S/c1-4-9-12(22-8(3)17-9)13(21)18-10-6-19(11(20)5-2)7-14(10,15)16/h5,10H,2,4,6-7H2,1,3H3,(H,18,21). The Balaban J connectivity index is 2.14. The molecule has 0 radical (unpaired) electrons. The van der Waals surface area contributed by atoms with Gasteiger partial charge in [0, 0.05) is 6.54 Å². The molecule has 2 rings (SSSR count). The van der Waals surface area contributed by atoms with Crippen LogP contribution in [0.15, 0.2) is 12.7 Å². The van der Waals surface area contributed by atoms with Crippen molar-refractivity contribution >= 4 is 23.2 Å². The van der Waals surface area contributed by atoms with Crippen LogP contribution in [0.5, 0.6) is 0 Å². The van der Waals surface area contributed by atoms with Gasteiger partial charge in [-0.3, -0.25) is 9.59 Å². The lowest BCUT2D eigenvalue weighted by Crippen LogP contribution is -2.46. The van der Waals surface area contributed by atoms with E-state index in [9.17, 15) is 18.4 Å². The van der Waals surface area contributed by atoms with Gasteiger partial charge in [0.2, 0.25) is 5.91 Å². The number of carbonyl (C=O) groups is 2. The minimum Gasteiger partial charge on any atom is -0.341 e. The van der Waals surface area contributed by atoms with Crippen LogP contribution in [-0.4, -0.2) is 46.8 Å². The first-order valence-electron chi connectivity index (χ1n) is 6.84. The van der Waals surface area contributed by atoms with Crippen molar-refractivity contribution in [1.82, 2.24) is 15.2 Å². The summed E-state index contributed by atoms with van der Waals surface area (Å²) in [5.74, 6) is -4.31. The maximum atomic E-state index is 14.0. The smallest absolute Gasteiger partial charge is 0.286 e. The predicted molar refractivity (Wildman–Crippen MR) is 79.2 cm³/mol. The van der Waals surface area contributed by atoms with Crippen molar-refractivity contribution in [2.75, 3.05) is 13.1 Å². The van der Waals surface area contributed by atoms with E-state index in [0.29, 0.717) is 22.0 Å². The Morgan fingerprint density at radius 3 is 2.86 bits per heavy atom. The summed E-state index contributed by atoms with van der Waals surface area (Å²) in [6.45, 7) is 5.94. The van der Waals surface area contributed by atoms with Gasteiger partial charge in [0.05, 0.1) is 17.2 Å². The predicted octanol–water partition coefficient (Wildman–Crippen LogP) is 1.78.